The number of methoxy groups -OCH3 is 1. The van der Waals surface area contributed by atoms with Crippen LogP contribution in [0.25, 0.3) is 10.1 Å². The fourth-order valence-corrected chi connectivity index (χ4v) is 5.25. The predicted octanol–water partition coefficient (Wildman–Crippen LogP) is 6.67. The molecule has 10 heteroatoms. The summed E-state index contributed by atoms with van der Waals surface area (Å²) in [5.74, 6) is -0.450. The molecule has 0 radical (unpaired) electrons. The molecule has 0 fully saturated rings. The second kappa shape index (κ2) is 9.69. The van der Waals surface area contributed by atoms with E-state index in [0.29, 0.717) is 26.6 Å². The minimum atomic E-state index is -0.450. The summed E-state index contributed by atoms with van der Waals surface area (Å²) in [6, 6.07) is 13.3. The number of nitrogens with zero attached hydrogens (tertiary/aromatic N) is 2. The van der Waals surface area contributed by atoms with Gasteiger partial charge in [-0.15, -0.1) is 11.3 Å². The minimum absolute atomic E-state index is 0.381. The van der Waals surface area contributed by atoms with Gasteiger partial charge in [0.2, 0.25) is 0 Å². The predicted molar refractivity (Wildman–Crippen MR) is 140 cm³/mol. The zero-order valence-electron chi connectivity index (χ0n) is 18.0. The van der Waals surface area contributed by atoms with Gasteiger partial charge in [-0.05, 0) is 62.0 Å². The highest BCUT2D eigenvalue weighted by Gasteiger charge is 2.18. The van der Waals surface area contributed by atoms with Crippen LogP contribution in [0.4, 0.5) is 11.4 Å². The van der Waals surface area contributed by atoms with Crippen molar-refractivity contribution in [2.24, 2.45) is 0 Å². The van der Waals surface area contributed by atoms with Crippen molar-refractivity contribution < 1.29 is 9.53 Å². The Kier molecular flexibility index (Phi) is 6.90. The first-order valence-corrected chi connectivity index (χ1v) is 11.9. The third-order valence-electron chi connectivity index (χ3n) is 5.12. The summed E-state index contributed by atoms with van der Waals surface area (Å²) < 4.78 is 7.59. The second-order valence-electron chi connectivity index (χ2n) is 7.36. The summed E-state index contributed by atoms with van der Waals surface area (Å²) in [6.45, 7) is 4.56. The Labute approximate surface area is 210 Å². The number of hydrogen-bond acceptors (Lipinski definition) is 5. The average Bonchev–Trinajstić information content (AvgIpc) is 3.25. The Morgan fingerprint density at radius 1 is 1.15 bits per heavy atom. The molecular formula is C23H20Cl2N4O2S2. The molecule has 0 aliphatic carbocycles. The molecule has 2 N–H and O–H groups in total. The van der Waals surface area contributed by atoms with Gasteiger partial charge in [0.1, 0.15) is 4.88 Å². The number of aryl methyl sites for hydroxylation is 1. The lowest BCUT2D eigenvalue weighted by Crippen LogP contribution is -2.20. The number of hydrogen-bond donors (Lipinski definition) is 2. The number of esters is 1. The van der Waals surface area contributed by atoms with E-state index in [1.807, 2.05) is 61.0 Å². The van der Waals surface area contributed by atoms with Gasteiger partial charge in [0.05, 0.1) is 35.8 Å². The Bertz CT molecular complexity index is 1360. The lowest BCUT2D eigenvalue weighted by atomic mass is 10.2. The van der Waals surface area contributed by atoms with E-state index < -0.39 is 5.97 Å². The maximum Gasteiger partial charge on any atom is 0.349 e. The quantitative estimate of drug-likeness (QED) is 0.227. The van der Waals surface area contributed by atoms with Crippen LogP contribution < -0.4 is 10.6 Å². The van der Waals surface area contributed by atoms with Crippen LogP contribution in [0.5, 0.6) is 0 Å². The van der Waals surface area contributed by atoms with Gasteiger partial charge in [-0.25, -0.2) is 4.79 Å². The van der Waals surface area contributed by atoms with Gasteiger partial charge in [-0.1, -0.05) is 35.3 Å². The molecule has 0 bridgehead atoms. The van der Waals surface area contributed by atoms with Gasteiger partial charge in [0.15, 0.2) is 5.11 Å². The zero-order chi connectivity index (χ0) is 23.7. The Hall–Kier alpha value is -2.65. The molecule has 2 aromatic carbocycles. The average molecular weight is 519 g/mol. The lowest BCUT2D eigenvalue weighted by Gasteiger charge is -2.11. The van der Waals surface area contributed by atoms with Gasteiger partial charge >= 0.3 is 5.97 Å². The fraction of sp³-hybridized carbons (Fsp3) is 0.174. The van der Waals surface area contributed by atoms with Gasteiger partial charge in [-0.3, -0.25) is 4.68 Å². The van der Waals surface area contributed by atoms with E-state index in [-0.39, 0.29) is 0 Å². The summed E-state index contributed by atoms with van der Waals surface area (Å²) in [4.78, 5) is 12.3. The maximum absolute atomic E-state index is 11.9. The molecule has 33 heavy (non-hydrogen) atoms. The molecule has 0 spiro atoms. The fourth-order valence-electron chi connectivity index (χ4n) is 3.44. The van der Waals surface area contributed by atoms with E-state index in [0.717, 1.165) is 38.4 Å². The van der Waals surface area contributed by atoms with Crippen molar-refractivity contribution in [2.45, 2.75) is 20.4 Å². The summed E-state index contributed by atoms with van der Waals surface area (Å²) in [5.41, 5.74) is 4.54. The summed E-state index contributed by atoms with van der Waals surface area (Å²) >= 11 is 19.1. The van der Waals surface area contributed by atoms with E-state index in [1.54, 1.807) is 0 Å². The zero-order valence-corrected chi connectivity index (χ0v) is 21.2. The van der Waals surface area contributed by atoms with Gasteiger partial charge in [-0.2, -0.15) is 5.10 Å². The van der Waals surface area contributed by atoms with Crippen LogP contribution in [0.1, 0.15) is 26.6 Å². The highest BCUT2D eigenvalue weighted by Crippen LogP contribution is 2.37. The highest BCUT2D eigenvalue weighted by molar-refractivity contribution is 7.80. The number of benzene rings is 2. The Morgan fingerprint density at radius 3 is 2.58 bits per heavy atom. The Morgan fingerprint density at radius 2 is 1.88 bits per heavy atom. The highest BCUT2D eigenvalue weighted by atomic mass is 35.5. The number of aromatic nitrogens is 2. The first kappa shape index (κ1) is 23.5. The molecule has 0 atom stereocenters. The van der Waals surface area contributed by atoms with E-state index in [2.05, 4.69) is 15.7 Å². The number of halogens is 2. The van der Waals surface area contributed by atoms with Crippen molar-refractivity contribution in [3.8, 4) is 0 Å². The van der Waals surface area contributed by atoms with E-state index in [9.17, 15) is 4.79 Å². The third kappa shape index (κ3) is 4.99. The third-order valence-corrected chi connectivity index (χ3v) is 7.22. The van der Waals surface area contributed by atoms with Crippen LogP contribution in [0.2, 0.25) is 10.0 Å². The smallest absolute Gasteiger partial charge is 0.349 e. The maximum atomic E-state index is 11.9. The van der Waals surface area contributed by atoms with Crippen LogP contribution in [0.15, 0.2) is 42.5 Å². The van der Waals surface area contributed by atoms with E-state index >= 15 is 0 Å². The monoisotopic (exact) mass is 518 g/mol. The molecule has 4 rings (SSSR count). The van der Waals surface area contributed by atoms with Gasteiger partial charge < -0.3 is 15.4 Å². The minimum Gasteiger partial charge on any atom is -0.465 e. The van der Waals surface area contributed by atoms with Crippen molar-refractivity contribution in [1.82, 2.24) is 9.78 Å². The number of fused-ring (bicyclic) bond motifs is 1. The van der Waals surface area contributed by atoms with Crippen molar-refractivity contribution in [3.63, 3.8) is 0 Å². The van der Waals surface area contributed by atoms with Gasteiger partial charge in [0, 0.05) is 20.8 Å². The molecular weight excluding hydrogens is 499 g/mol. The van der Waals surface area contributed by atoms with Crippen LogP contribution in [-0.2, 0) is 11.3 Å². The van der Waals surface area contributed by atoms with Crippen molar-refractivity contribution in [2.75, 3.05) is 17.7 Å². The molecule has 2 heterocycles. The standard InChI is InChI=1S/C23H20Cl2N4O2S2/c1-12-20(13(2)29(28-12)11-14-4-6-15(24)7-5-14)27-23(32)26-16-8-9-17-18(10-16)33-21(19(17)25)22(30)31-3/h4-10H,11H2,1-3H3,(H2,26,27,32). The van der Waals surface area contributed by atoms with Crippen LogP contribution in [0.3, 0.4) is 0 Å². The molecule has 0 aliphatic heterocycles. The molecule has 0 aliphatic rings. The molecule has 4 aromatic rings. The molecule has 0 saturated heterocycles. The molecule has 170 valence electrons. The molecule has 0 unspecified atom stereocenters. The number of thiocarbonyl (C=S) groups is 1. The van der Waals surface area contributed by atoms with Crippen molar-refractivity contribution in [1.29, 1.82) is 0 Å². The lowest BCUT2D eigenvalue weighted by molar-refractivity contribution is 0.0606. The molecule has 2 aromatic heterocycles. The van der Waals surface area contributed by atoms with Crippen LogP contribution in [0, 0.1) is 13.8 Å². The SMILES string of the molecule is COC(=O)c1sc2cc(NC(=S)Nc3c(C)nn(Cc4ccc(Cl)cc4)c3C)ccc2c1Cl. The first-order valence-electron chi connectivity index (χ1n) is 9.93. The number of carbonyl (C=O) groups is 1. The first-order chi connectivity index (χ1) is 15.8. The normalized spacial score (nSPS) is 10.9. The molecule has 0 saturated carbocycles. The number of anilines is 2. The van der Waals surface area contributed by atoms with Gasteiger partial charge in [0.25, 0.3) is 0 Å². The van der Waals surface area contributed by atoms with E-state index in [1.165, 1.54) is 18.4 Å². The topological polar surface area (TPSA) is 68.2 Å². The number of carbonyl (C=O) groups excluding carboxylic acids is 1. The Balaban J connectivity index is 1.49. The summed E-state index contributed by atoms with van der Waals surface area (Å²) in [6.07, 6.45) is 0. The number of nitrogens with one attached hydrogen (secondary N) is 2. The molecule has 0 amide bonds. The number of thiophene rings is 1. The largest absolute Gasteiger partial charge is 0.465 e. The summed E-state index contributed by atoms with van der Waals surface area (Å²) in [5, 5.41) is 13.4. The van der Waals surface area contributed by atoms with Crippen molar-refractivity contribution in [3.05, 3.63) is 74.3 Å². The van der Waals surface area contributed by atoms with Crippen molar-refractivity contribution >= 4 is 79.3 Å². The van der Waals surface area contributed by atoms with E-state index in [4.69, 9.17) is 40.2 Å². The van der Waals surface area contributed by atoms with Crippen LogP contribution in [-0.4, -0.2) is 28.0 Å². The van der Waals surface area contributed by atoms with Crippen LogP contribution >= 0.6 is 46.8 Å². The second-order valence-corrected chi connectivity index (χ2v) is 9.63. The number of rotatable bonds is 5. The summed E-state index contributed by atoms with van der Waals surface area (Å²) in [7, 11) is 1.34. The molecule has 6 nitrogen and oxygen atoms in total. The number of ether oxygens (including phenoxy) is 1.